The van der Waals surface area contributed by atoms with Gasteiger partial charge in [-0.15, -0.1) is 5.06 Å². The van der Waals surface area contributed by atoms with Crippen LogP contribution in [0.5, 0.6) is 0 Å². The second kappa shape index (κ2) is 8.44. The van der Waals surface area contributed by atoms with Gasteiger partial charge in [0.2, 0.25) is 5.12 Å². The van der Waals surface area contributed by atoms with E-state index in [9.17, 15) is 19.2 Å². The maximum absolute atomic E-state index is 12.1. The first-order valence-corrected chi connectivity index (χ1v) is 8.53. The highest BCUT2D eigenvalue weighted by Gasteiger charge is 2.35. The van der Waals surface area contributed by atoms with E-state index >= 15 is 0 Å². The summed E-state index contributed by atoms with van der Waals surface area (Å²) < 4.78 is 0. The molecule has 0 aliphatic carbocycles. The molecule has 1 aromatic carbocycles. The van der Waals surface area contributed by atoms with Crippen molar-refractivity contribution in [3.8, 4) is 6.07 Å². The summed E-state index contributed by atoms with van der Waals surface area (Å²) in [6, 6.07) is 10.5. The van der Waals surface area contributed by atoms with Crippen LogP contribution in [0.25, 0.3) is 0 Å². The molecule has 2 rings (SSSR count). The third-order valence-electron chi connectivity index (χ3n) is 3.51. The molecule has 0 saturated carbocycles. The molecule has 0 N–H and O–H groups in total. The van der Waals surface area contributed by atoms with Gasteiger partial charge in [-0.1, -0.05) is 49.0 Å². The number of thioether (sulfide) groups is 1. The van der Waals surface area contributed by atoms with Gasteiger partial charge in [0.15, 0.2) is 0 Å². The van der Waals surface area contributed by atoms with Crippen molar-refractivity contribution in [2.45, 2.75) is 31.4 Å². The summed E-state index contributed by atoms with van der Waals surface area (Å²) in [5.74, 6) is -3.34. The van der Waals surface area contributed by atoms with Gasteiger partial charge in [0.25, 0.3) is 11.8 Å². The Bertz CT molecular complexity index is 712. The Morgan fingerprint density at radius 3 is 2.40 bits per heavy atom. The Kier molecular flexibility index (Phi) is 6.31. The summed E-state index contributed by atoms with van der Waals surface area (Å²) >= 11 is 1.01. The van der Waals surface area contributed by atoms with Crippen molar-refractivity contribution < 1.29 is 24.0 Å². The third kappa shape index (κ3) is 4.90. The maximum atomic E-state index is 12.1. The molecule has 25 heavy (non-hydrogen) atoms. The number of carbonyl (C=O) groups is 4. The highest BCUT2D eigenvalue weighted by molar-refractivity contribution is 8.14. The highest BCUT2D eigenvalue weighted by atomic mass is 32.2. The van der Waals surface area contributed by atoms with Gasteiger partial charge in [-0.25, -0.2) is 4.79 Å². The van der Waals surface area contributed by atoms with E-state index in [4.69, 9.17) is 10.1 Å². The lowest BCUT2D eigenvalue weighted by Crippen LogP contribution is -2.35. The van der Waals surface area contributed by atoms with Gasteiger partial charge in [-0.3, -0.25) is 14.4 Å². The number of imide groups is 1. The molecule has 2 amide bonds. The fraction of sp³-hybridized carbons (Fsp3) is 0.353. The van der Waals surface area contributed by atoms with Gasteiger partial charge in [0.1, 0.15) is 5.92 Å². The van der Waals surface area contributed by atoms with E-state index in [0.717, 1.165) is 11.8 Å². The minimum absolute atomic E-state index is 0.0127. The number of carbonyl (C=O) groups excluding carboxylic acids is 4. The zero-order valence-electron chi connectivity index (χ0n) is 13.5. The molecule has 1 saturated heterocycles. The Morgan fingerprint density at radius 1 is 1.24 bits per heavy atom. The van der Waals surface area contributed by atoms with Crippen molar-refractivity contribution in [3.05, 3.63) is 35.9 Å². The van der Waals surface area contributed by atoms with Crippen LogP contribution in [0.4, 0.5) is 0 Å². The molecule has 0 spiro atoms. The van der Waals surface area contributed by atoms with Gasteiger partial charge in [-0.2, -0.15) is 5.26 Å². The zero-order valence-corrected chi connectivity index (χ0v) is 14.3. The normalized spacial score (nSPS) is 16.2. The lowest BCUT2D eigenvalue weighted by molar-refractivity contribution is -0.199. The van der Waals surface area contributed by atoms with Crippen LogP contribution < -0.4 is 0 Å². The fourth-order valence-corrected chi connectivity index (χ4v) is 3.14. The standard InChI is InChI=1S/C17H16N2O5S/c1-11(25-17(23)12-5-3-2-4-6-12)9-13(10-18)16(22)24-19-14(20)7-8-15(19)21/h2-6,11,13H,7-9H2,1H3. The predicted molar refractivity (Wildman–Crippen MR) is 88.7 cm³/mol. The summed E-state index contributed by atoms with van der Waals surface area (Å²) in [4.78, 5) is 51.8. The summed E-state index contributed by atoms with van der Waals surface area (Å²) in [6.07, 6.45) is 0.0388. The quantitative estimate of drug-likeness (QED) is 0.715. The second-order valence-electron chi connectivity index (χ2n) is 5.49. The van der Waals surface area contributed by atoms with Crippen LogP contribution in [0.15, 0.2) is 30.3 Å². The topological polar surface area (TPSA) is 105 Å². The highest BCUT2D eigenvalue weighted by Crippen LogP contribution is 2.24. The van der Waals surface area contributed by atoms with Crippen molar-refractivity contribution in [1.82, 2.24) is 5.06 Å². The minimum atomic E-state index is -1.17. The smallest absolute Gasteiger partial charge is 0.329 e. The molecular weight excluding hydrogens is 344 g/mol. The molecule has 7 nitrogen and oxygen atoms in total. The van der Waals surface area contributed by atoms with Crippen LogP contribution in [0.3, 0.4) is 0 Å². The predicted octanol–water partition coefficient (Wildman–Crippen LogP) is 2.09. The van der Waals surface area contributed by atoms with Crippen LogP contribution in [-0.4, -0.2) is 33.2 Å². The largest absolute Gasteiger partial charge is 0.350 e. The monoisotopic (exact) mass is 360 g/mol. The first kappa shape index (κ1) is 18.7. The molecule has 130 valence electrons. The van der Waals surface area contributed by atoms with E-state index in [1.54, 1.807) is 43.3 Å². The Balaban J connectivity index is 1.91. The van der Waals surface area contributed by atoms with E-state index in [1.807, 2.05) is 0 Å². The van der Waals surface area contributed by atoms with Gasteiger partial charge < -0.3 is 4.84 Å². The van der Waals surface area contributed by atoms with Crippen LogP contribution in [0, 0.1) is 17.2 Å². The van der Waals surface area contributed by atoms with Crippen molar-refractivity contribution >= 4 is 34.7 Å². The number of hydrogen-bond acceptors (Lipinski definition) is 7. The van der Waals surface area contributed by atoms with Crippen LogP contribution in [0.1, 0.15) is 36.5 Å². The Hall–Kier alpha value is -2.66. The van der Waals surface area contributed by atoms with E-state index in [0.29, 0.717) is 10.6 Å². The SMILES string of the molecule is CC(CC(C#N)C(=O)ON1C(=O)CCC1=O)SC(=O)c1ccccc1. The average Bonchev–Trinajstić information content (AvgIpc) is 2.92. The molecule has 8 heteroatoms. The van der Waals surface area contributed by atoms with Crippen molar-refractivity contribution in [1.29, 1.82) is 5.26 Å². The molecule has 0 aromatic heterocycles. The molecule has 1 heterocycles. The van der Waals surface area contributed by atoms with Gasteiger partial charge in [0, 0.05) is 23.7 Å². The number of hydrogen-bond donors (Lipinski definition) is 0. The fourth-order valence-electron chi connectivity index (χ4n) is 2.22. The molecule has 1 aromatic rings. The maximum Gasteiger partial charge on any atom is 0.350 e. The third-order valence-corrected chi connectivity index (χ3v) is 4.56. The zero-order chi connectivity index (χ0) is 18.4. The number of rotatable bonds is 6. The molecule has 2 unspecified atom stereocenters. The van der Waals surface area contributed by atoms with E-state index < -0.39 is 23.7 Å². The first-order valence-electron chi connectivity index (χ1n) is 7.65. The van der Waals surface area contributed by atoms with Gasteiger partial charge in [0.05, 0.1) is 6.07 Å². The van der Waals surface area contributed by atoms with Crippen LogP contribution in [-0.2, 0) is 19.2 Å². The average molecular weight is 360 g/mol. The molecule has 1 fully saturated rings. The number of nitriles is 1. The number of hydroxylamine groups is 2. The van der Waals surface area contributed by atoms with E-state index in [-0.39, 0.29) is 29.6 Å². The molecule has 0 radical (unpaired) electrons. The van der Waals surface area contributed by atoms with Crippen molar-refractivity contribution in [2.24, 2.45) is 5.92 Å². The number of nitrogens with zero attached hydrogens (tertiary/aromatic N) is 2. The molecule has 1 aliphatic rings. The lowest BCUT2D eigenvalue weighted by Gasteiger charge is -2.17. The minimum Gasteiger partial charge on any atom is -0.329 e. The summed E-state index contributed by atoms with van der Waals surface area (Å²) in [6.45, 7) is 1.72. The molecule has 0 bridgehead atoms. The Labute approximate surface area is 148 Å². The van der Waals surface area contributed by atoms with Gasteiger partial charge >= 0.3 is 5.97 Å². The molecule has 2 atom stereocenters. The summed E-state index contributed by atoms with van der Waals surface area (Å²) in [5.41, 5.74) is 0.531. The first-order chi connectivity index (χ1) is 11.9. The summed E-state index contributed by atoms with van der Waals surface area (Å²) in [5, 5.41) is 9.10. The van der Waals surface area contributed by atoms with E-state index in [1.165, 1.54) is 0 Å². The number of benzene rings is 1. The lowest BCUT2D eigenvalue weighted by atomic mass is 10.1. The van der Waals surface area contributed by atoms with Gasteiger partial charge in [-0.05, 0) is 6.42 Å². The second-order valence-corrected chi connectivity index (χ2v) is 6.90. The van der Waals surface area contributed by atoms with Crippen LogP contribution in [0.2, 0.25) is 0 Å². The molecular formula is C17H16N2O5S. The Morgan fingerprint density at radius 2 is 1.84 bits per heavy atom. The van der Waals surface area contributed by atoms with Crippen molar-refractivity contribution in [3.63, 3.8) is 0 Å². The number of amides is 2. The van der Waals surface area contributed by atoms with E-state index in [2.05, 4.69) is 0 Å². The molecule has 1 aliphatic heterocycles. The summed E-state index contributed by atoms with van der Waals surface area (Å²) in [7, 11) is 0. The van der Waals surface area contributed by atoms with Crippen molar-refractivity contribution in [2.75, 3.05) is 0 Å². The van der Waals surface area contributed by atoms with Crippen LogP contribution >= 0.6 is 11.8 Å².